The van der Waals surface area contributed by atoms with Gasteiger partial charge in [-0.2, -0.15) is 0 Å². The SMILES string of the molecule is O=C(NCc1nccs1)C(=O)[C@@H](Cc1ccccc1)NC(=O)[C@H]1COCCN1C(=O)C1CCC(F)(F)C1. The van der Waals surface area contributed by atoms with Gasteiger partial charge in [0.1, 0.15) is 17.1 Å². The highest BCUT2D eigenvalue weighted by atomic mass is 32.1. The van der Waals surface area contributed by atoms with Crippen LogP contribution < -0.4 is 10.6 Å². The molecule has 0 bridgehead atoms. The van der Waals surface area contributed by atoms with Gasteiger partial charge in [-0.05, 0) is 12.0 Å². The third kappa shape index (κ3) is 6.95. The Kier molecular flexibility index (Phi) is 8.59. The van der Waals surface area contributed by atoms with Gasteiger partial charge in [0.25, 0.3) is 5.91 Å². The number of carbonyl (C=O) groups is 4. The summed E-state index contributed by atoms with van der Waals surface area (Å²) in [5.74, 6) is -6.70. The van der Waals surface area contributed by atoms with Gasteiger partial charge in [0, 0.05) is 43.3 Å². The summed E-state index contributed by atoms with van der Waals surface area (Å²) in [7, 11) is 0. The number of carbonyl (C=O) groups excluding carboxylic acids is 4. The number of ketones is 1. The quantitative estimate of drug-likeness (QED) is 0.473. The van der Waals surface area contributed by atoms with Crippen LogP contribution in [0.15, 0.2) is 41.9 Å². The lowest BCUT2D eigenvalue weighted by Crippen LogP contribution is -2.60. The summed E-state index contributed by atoms with van der Waals surface area (Å²) in [6.45, 7) is 0.178. The van der Waals surface area contributed by atoms with Crippen LogP contribution in [-0.4, -0.2) is 71.2 Å². The Balaban J connectivity index is 1.46. The molecule has 2 aliphatic rings. The molecule has 0 spiro atoms. The lowest BCUT2D eigenvalue weighted by atomic mass is 10.0. The number of nitrogens with one attached hydrogen (secondary N) is 2. The molecule has 1 aromatic carbocycles. The first-order valence-electron chi connectivity index (χ1n) is 12.0. The van der Waals surface area contributed by atoms with Gasteiger partial charge in [-0.25, -0.2) is 13.8 Å². The van der Waals surface area contributed by atoms with E-state index in [0.717, 1.165) is 5.56 Å². The number of rotatable bonds is 9. The maximum absolute atomic E-state index is 13.7. The number of alkyl halides is 2. The predicted molar refractivity (Wildman–Crippen MR) is 130 cm³/mol. The minimum atomic E-state index is -2.90. The highest BCUT2D eigenvalue weighted by molar-refractivity contribution is 7.09. The molecule has 1 saturated heterocycles. The number of benzene rings is 1. The number of ether oxygens (including phenoxy) is 1. The highest BCUT2D eigenvalue weighted by Gasteiger charge is 2.46. The summed E-state index contributed by atoms with van der Waals surface area (Å²) >= 11 is 1.33. The molecule has 0 radical (unpaired) electrons. The van der Waals surface area contributed by atoms with Gasteiger partial charge < -0.3 is 20.3 Å². The first-order chi connectivity index (χ1) is 17.7. The molecule has 1 aliphatic carbocycles. The molecule has 2 heterocycles. The normalized spacial score (nSPS) is 21.7. The third-order valence-corrected chi connectivity index (χ3v) is 7.27. The fourth-order valence-corrected chi connectivity index (χ4v) is 5.10. The Morgan fingerprint density at radius 1 is 1.22 bits per heavy atom. The second kappa shape index (κ2) is 11.9. The van der Waals surface area contributed by atoms with Crippen molar-refractivity contribution >= 4 is 34.8 Å². The van der Waals surface area contributed by atoms with Crippen LogP contribution in [0.4, 0.5) is 8.78 Å². The second-order valence-corrected chi connectivity index (χ2v) is 10.1. The van der Waals surface area contributed by atoms with Crippen molar-refractivity contribution in [3.05, 3.63) is 52.5 Å². The standard InChI is InChI=1S/C25H28F2N4O5S/c26-25(27)7-6-17(13-25)24(35)31-9-10-36-15-19(31)22(33)30-18(12-16-4-2-1-3-5-16)21(32)23(34)29-14-20-28-8-11-37-20/h1-5,8,11,17-19H,6-7,9-10,12-15H2,(H,29,34)(H,30,33)/t17?,18-,19-/m1/s1. The second-order valence-electron chi connectivity index (χ2n) is 9.14. The number of nitrogens with zero attached hydrogens (tertiary/aromatic N) is 2. The zero-order chi connectivity index (χ0) is 26.4. The fraction of sp³-hybridized carbons (Fsp3) is 0.480. The summed E-state index contributed by atoms with van der Waals surface area (Å²) in [5, 5.41) is 7.50. The number of morpholine rings is 1. The van der Waals surface area contributed by atoms with Crippen molar-refractivity contribution < 1.29 is 32.7 Å². The van der Waals surface area contributed by atoms with Crippen molar-refractivity contribution in [3.63, 3.8) is 0 Å². The Labute approximate surface area is 216 Å². The Hall–Kier alpha value is -3.25. The molecule has 198 valence electrons. The molecule has 2 N–H and O–H groups in total. The number of thiazole rings is 1. The van der Waals surface area contributed by atoms with E-state index in [0.29, 0.717) is 5.01 Å². The zero-order valence-electron chi connectivity index (χ0n) is 20.0. The van der Waals surface area contributed by atoms with Gasteiger partial charge in [0.15, 0.2) is 0 Å². The highest BCUT2D eigenvalue weighted by Crippen LogP contribution is 2.40. The van der Waals surface area contributed by atoms with E-state index in [1.807, 2.05) is 0 Å². The maximum Gasteiger partial charge on any atom is 0.289 e. The molecule has 9 nitrogen and oxygen atoms in total. The van der Waals surface area contributed by atoms with E-state index in [2.05, 4.69) is 15.6 Å². The summed E-state index contributed by atoms with van der Waals surface area (Å²) in [5.41, 5.74) is 0.717. The molecular formula is C25H28F2N4O5S. The molecule has 37 heavy (non-hydrogen) atoms. The maximum atomic E-state index is 13.7. The number of halogens is 2. The first-order valence-corrected chi connectivity index (χ1v) is 12.9. The monoisotopic (exact) mass is 534 g/mol. The van der Waals surface area contributed by atoms with Crippen molar-refractivity contribution in [2.75, 3.05) is 19.8 Å². The van der Waals surface area contributed by atoms with Gasteiger partial charge in [0.05, 0.1) is 19.8 Å². The van der Waals surface area contributed by atoms with Crippen LogP contribution in [0.3, 0.4) is 0 Å². The molecule has 3 atom stereocenters. The van der Waals surface area contributed by atoms with Crippen LogP contribution >= 0.6 is 11.3 Å². The molecule has 1 unspecified atom stereocenters. The third-order valence-electron chi connectivity index (χ3n) is 6.49. The van der Waals surface area contributed by atoms with Crippen LogP contribution in [0.1, 0.15) is 29.8 Å². The lowest BCUT2D eigenvalue weighted by molar-refractivity contribution is -0.152. The van der Waals surface area contributed by atoms with Gasteiger partial charge >= 0.3 is 0 Å². The van der Waals surface area contributed by atoms with E-state index in [4.69, 9.17) is 4.74 Å². The average molecular weight is 535 g/mol. The molecule has 1 aliphatic heterocycles. The molecule has 12 heteroatoms. The largest absolute Gasteiger partial charge is 0.377 e. The van der Waals surface area contributed by atoms with E-state index in [9.17, 15) is 28.0 Å². The molecule has 4 rings (SSSR count). The van der Waals surface area contributed by atoms with Gasteiger partial charge in [0.2, 0.25) is 23.5 Å². The zero-order valence-corrected chi connectivity index (χ0v) is 20.8. The van der Waals surface area contributed by atoms with Crippen LogP contribution in [0.5, 0.6) is 0 Å². The molecular weight excluding hydrogens is 506 g/mol. The first kappa shape index (κ1) is 26.8. The van der Waals surface area contributed by atoms with E-state index >= 15 is 0 Å². The fourth-order valence-electron chi connectivity index (χ4n) is 4.55. The van der Waals surface area contributed by atoms with Crippen LogP contribution in [0, 0.1) is 5.92 Å². The van der Waals surface area contributed by atoms with Crippen molar-refractivity contribution in [2.45, 2.75) is 50.2 Å². The molecule has 1 saturated carbocycles. The molecule has 3 amide bonds. The predicted octanol–water partition coefficient (Wildman–Crippen LogP) is 1.72. The van der Waals surface area contributed by atoms with Crippen LogP contribution in [0.2, 0.25) is 0 Å². The van der Waals surface area contributed by atoms with E-state index in [1.54, 1.807) is 41.9 Å². The van der Waals surface area contributed by atoms with Gasteiger partial charge in [-0.3, -0.25) is 19.2 Å². The number of hydrogen-bond acceptors (Lipinski definition) is 7. The van der Waals surface area contributed by atoms with E-state index in [-0.39, 0.29) is 45.6 Å². The lowest BCUT2D eigenvalue weighted by Gasteiger charge is -2.36. The Morgan fingerprint density at radius 2 is 2.00 bits per heavy atom. The Morgan fingerprint density at radius 3 is 2.68 bits per heavy atom. The molecule has 2 aromatic rings. The minimum Gasteiger partial charge on any atom is -0.377 e. The average Bonchev–Trinajstić information content (AvgIpc) is 3.55. The van der Waals surface area contributed by atoms with Crippen molar-refractivity contribution in [2.24, 2.45) is 5.92 Å². The topological polar surface area (TPSA) is 118 Å². The van der Waals surface area contributed by atoms with Crippen molar-refractivity contribution in [1.29, 1.82) is 0 Å². The summed E-state index contributed by atoms with van der Waals surface area (Å²) in [6, 6.07) is 6.57. The summed E-state index contributed by atoms with van der Waals surface area (Å²) in [4.78, 5) is 57.4. The number of amides is 3. The van der Waals surface area contributed by atoms with Crippen molar-refractivity contribution in [1.82, 2.24) is 20.5 Å². The van der Waals surface area contributed by atoms with Crippen LogP contribution in [0.25, 0.3) is 0 Å². The molecule has 1 aromatic heterocycles. The number of hydrogen-bond donors (Lipinski definition) is 2. The van der Waals surface area contributed by atoms with Gasteiger partial charge in [-0.15, -0.1) is 11.3 Å². The summed E-state index contributed by atoms with van der Waals surface area (Å²) < 4.78 is 32.8. The van der Waals surface area contributed by atoms with E-state index in [1.165, 1.54) is 16.2 Å². The van der Waals surface area contributed by atoms with Crippen molar-refractivity contribution in [3.8, 4) is 0 Å². The number of Topliss-reactive ketones (excluding diaryl/α,β-unsaturated/α-hetero) is 1. The number of aromatic nitrogens is 1. The minimum absolute atomic E-state index is 0.0475. The van der Waals surface area contributed by atoms with Gasteiger partial charge in [-0.1, -0.05) is 30.3 Å². The van der Waals surface area contributed by atoms with Crippen LogP contribution in [-0.2, 0) is 36.9 Å². The smallest absolute Gasteiger partial charge is 0.289 e. The van der Waals surface area contributed by atoms with E-state index < -0.39 is 53.8 Å². The molecule has 2 fully saturated rings. The Bertz CT molecular complexity index is 1120. The summed E-state index contributed by atoms with van der Waals surface area (Å²) in [6.07, 6.45) is 0.761.